The van der Waals surface area contributed by atoms with Crippen molar-refractivity contribution in [1.29, 1.82) is 0 Å². The predicted octanol–water partition coefficient (Wildman–Crippen LogP) is -2.19. The van der Waals surface area contributed by atoms with Gasteiger partial charge in [0.15, 0.2) is 36.3 Å². The molecule has 4 heterocycles. The number of carbonyl (C=O) groups excluding carboxylic acids is 2. The lowest BCUT2D eigenvalue weighted by Gasteiger charge is -2.44. The molecule has 1 saturated carbocycles. The summed E-state index contributed by atoms with van der Waals surface area (Å²) in [7, 11) is 1.38. The molecular formula is C33H42O18. The van der Waals surface area contributed by atoms with Crippen LogP contribution < -0.4 is 4.74 Å². The van der Waals surface area contributed by atoms with E-state index in [4.69, 9.17) is 42.6 Å². The molecular weight excluding hydrogens is 684 g/mol. The number of phenolic OH excluding ortho intramolecular Hbond substituents is 1. The first-order valence-corrected chi connectivity index (χ1v) is 16.3. The Kier molecular flexibility index (Phi) is 10.9. The van der Waals surface area contributed by atoms with E-state index in [1.165, 1.54) is 38.5 Å². The number of epoxide rings is 1. The topological polar surface area (TPSA) is 262 Å². The second-order valence-corrected chi connectivity index (χ2v) is 13.0. The number of esters is 2. The largest absolute Gasteiger partial charge is 0.504 e. The van der Waals surface area contributed by atoms with Gasteiger partial charge in [0.1, 0.15) is 42.2 Å². The van der Waals surface area contributed by atoms with Gasteiger partial charge in [-0.15, -0.1) is 0 Å². The Morgan fingerprint density at radius 3 is 2.35 bits per heavy atom. The van der Waals surface area contributed by atoms with Gasteiger partial charge in [-0.3, -0.25) is 4.79 Å². The number of hydrogen-bond acceptors (Lipinski definition) is 18. The monoisotopic (exact) mass is 726 g/mol. The second kappa shape index (κ2) is 14.9. The Balaban J connectivity index is 1.15. The summed E-state index contributed by atoms with van der Waals surface area (Å²) in [4.78, 5) is 25.0. The minimum Gasteiger partial charge on any atom is -0.504 e. The molecule has 0 bridgehead atoms. The number of aliphatic hydroxyl groups is 6. The van der Waals surface area contributed by atoms with Gasteiger partial charge in [0.25, 0.3) is 0 Å². The zero-order valence-electron chi connectivity index (χ0n) is 27.7. The summed E-state index contributed by atoms with van der Waals surface area (Å²) in [6, 6.07) is 4.43. The van der Waals surface area contributed by atoms with E-state index in [1.807, 2.05) is 0 Å². The molecule has 0 aromatic heterocycles. The number of hydrogen-bond donors (Lipinski definition) is 7. The van der Waals surface area contributed by atoms with Crippen molar-refractivity contribution >= 4 is 18.0 Å². The zero-order valence-corrected chi connectivity index (χ0v) is 27.7. The highest BCUT2D eigenvalue weighted by Gasteiger charge is 2.77. The summed E-state index contributed by atoms with van der Waals surface area (Å²) in [5, 5.41) is 72.2. The molecule has 5 aliphatic rings. The van der Waals surface area contributed by atoms with Crippen LogP contribution in [0.4, 0.5) is 0 Å². The first-order valence-electron chi connectivity index (χ1n) is 16.3. The first kappa shape index (κ1) is 37.4. The highest BCUT2D eigenvalue weighted by atomic mass is 16.8. The molecule has 1 aromatic rings. The van der Waals surface area contributed by atoms with Crippen molar-refractivity contribution in [2.45, 2.75) is 99.4 Å². The van der Waals surface area contributed by atoms with E-state index in [9.17, 15) is 45.3 Å². The van der Waals surface area contributed by atoms with Crippen LogP contribution in [0.1, 0.15) is 19.4 Å². The van der Waals surface area contributed by atoms with Crippen LogP contribution >= 0.6 is 0 Å². The van der Waals surface area contributed by atoms with Crippen LogP contribution in [-0.2, 0) is 47.5 Å². The number of rotatable bonds is 11. The van der Waals surface area contributed by atoms with Crippen molar-refractivity contribution in [2.75, 3.05) is 20.3 Å². The van der Waals surface area contributed by atoms with Gasteiger partial charge in [0, 0.05) is 18.9 Å². The number of carbonyl (C=O) groups is 2. The fourth-order valence-corrected chi connectivity index (χ4v) is 7.19. The zero-order chi connectivity index (χ0) is 36.8. The van der Waals surface area contributed by atoms with E-state index < -0.39 is 122 Å². The normalized spacial score (nSPS) is 42.8. The van der Waals surface area contributed by atoms with Crippen LogP contribution in [0.15, 0.2) is 36.6 Å². The van der Waals surface area contributed by atoms with Crippen LogP contribution in [0.3, 0.4) is 0 Å². The molecule has 18 heteroatoms. The molecule has 282 valence electrons. The quantitative estimate of drug-likeness (QED) is 0.0726. The average molecular weight is 727 g/mol. The van der Waals surface area contributed by atoms with E-state index in [0.717, 1.165) is 13.0 Å². The van der Waals surface area contributed by atoms with Gasteiger partial charge in [-0.05, 0) is 36.8 Å². The maximum absolute atomic E-state index is 12.9. The summed E-state index contributed by atoms with van der Waals surface area (Å²) in [5.41, 5.74) is -0.746. The Morgan fingerprint density at radius 2 is 1.67 bits per heavy atom. The fourth-order valence-electron chi connectivity index (χ4n) is 7.19. The Morgan fingerprint density at radius 1 is 0.922 bits per heavy atom. The molecule has 0 amide bonds. The summed E-state index contributed by atoms with van der Waals surface area (Å²) in [5.74, 6) is -2.90. The van der Waals surface area contributed by atoms with Crippen LogP contribution in [0, 0.1) is 11.8 Å². The Labute approximate surface area is 291 Å². The molecule has 4 fully saturated rings. The minimum absolute atomic E-state index is 0.0853. The molecule has 18 nitrogen and oxygen atoms in total. The van der Waals surface area contributed by atoms with E-state index in [-0.39, 0.29) is 11.5 Å². The average Bonchev–Trinajstić information content (AvgIpc) is 3.78. The fraction of sp³-hybridized carbons (Fsp3) is 0.636. The number of aromatic hydroxyl groups is 1. The molecule has 4 aliphatic heterocycles. The van der Waals surface area contributed by atoms with Crippen molar-refractivity contribution in [3.63, 3.8) is 0 Å². The standard InChI is InChI=1S/C33H42O18/c1-13-26(48-20(38)7-5-15-4-6-17(37)18(10-15)43-3)28(46-14(2)36)25(42)32(45-13)49-27-16-8-9-44-30(21(16)33(12-35)29(27)51-33)50-31-24(41)23(40)22(39)19(11-34)47-31/h4-10,13,16,19,21-32,34-35,37,39-42H,11-12H2,1-3H3/b7-5+/t13-,16-,19+,21-,22+,23-,24+,25+,26-,27+,28-,29-,30+,31-,32+,33+/m1/s1. The van der Waals surface area contributed by atoms with Crippen molar-refractivity contribution < 1.29 is 88.0 Å². The maximum Gasteiger partial charge on any atom is 0.331 e. The van der Waals surface area contributed by atoms with Crippen molar-refractivity contribution in [3.05, 3.63) is 42.2 Å². The lowest BCUT2D eigenvalue weighted by atomic mass is 9.85. The third-order valence-corrected chi connectivity index (χ3v) is 9.81. The summed E-state index contributed by atoms with van der Waals surface area (Å²) >= 11 is 0. The number of ether oxygens (including phenoxy) is 9. The number of aliphatic hydroxyl groups excluding tert-OH is 6. The van der Waals surface area contributed by atoms with Crippen LogP contribution in [0.25, 0.3) is 6.08 Å². The summed E-state index contributed by atoms with van der Waals surface area (Å²) in [6.45, 7) is 1.48. The predicted molar refractivity (Wildman–Crippen MR) is 165 cm³/mol. The molecule has 1 aromatic carbocycles. The van der Waals surface area contributed by atoms with E-state index in [2.05, 4.69) is 0 Å². The second-order valence-electron chi connectivity index (χ2n) is 13.0. The van der Waals surface area contributed by atoms with Crippen molar-refractivity contribution in [3.8, 4) is 11.5 Å². The molecule has 0 unspecified atom stereocenters. The third-order valence-electron chi connectivity index (χ3n) is 9.81. The minimum atomic E-state index is -1.72. The van der Waals surface area contributed by atoms with E-state index in [0.29, 0.717) is 5.56 Å². The van der Waals surface area contributed by atoms with Gasteiger partial charge in [0.2, 0.25) is 6.29 Å². The van der Waals surface area contributed by atoms with Crippen molar-refractivity contribution in [2.24, 2.45) is 11.8 Å². The van der Waals surface area contributed by atoms with Gasteiger partial charge in [0.05, 0.1) is 44.7 Å². The number of benzene rings is 1. The van der Waals surface area contributed by atoms with E-state index >= 15 is 0 Å². The number of phenols is 1. The summed E-state index contributed by atoms with van der Waals surface area (Å²) < 4.78 is 51.3. The lowest BCUT2D eigenvalue weighted by molar-refractivity contribution is -0.347. The van der Waals surface area contributed by atoms with Crippen LogP contribution in [-0.4, -0.2) is 154 Å². The highest BCUT2D eigenvalue weighted by molar-refractivity contribution is 5.87. The van der Waals surface area contributed by atoms with Gasteiger partial charge in [-0.2, -0.15) is 0 Å². The number of fused-ring (bicyclic) bond motifs is 3. The highest BCUT2D eigenvalue weighted by Crippen LogP contribution is 2.61. The van der Waals surface area contributed by atoms with Gasteiger partial charge >= 0.3 is 11.9 Å². The van der Waals surface area contributed by atoms with Crippen LogP contribution in [0.5, 0.6) is 11.5 Å². The number of methoxy groups -OCH3 is 1. The van der Waals surface area contributed by atoms with Crippen molar-refractivity contribution in [1.82, 2.24) is 0 Å². The Bertz CT molecular complexity index is 1480. The molecule has 51 heavy (non-hydrogen) atoms. The molecule has 16 atom stereocenters. The van der Waals surface area contributed by atoms with Gasteiger partial charge in [-0.25, -0.2) is 4.79 Å². The van der Waals surface area contributed by atoms with Gasteiger partial charge < -0.3 is 78.4 Å². The molecule has 3 saturated heterocycles. The van der Waals surface area contributed by atoms with Gasteiger partial charge in [-0.1, -0.05) is 6.07 Å². The maximum atomic E-state index is 12.9. The molecule has 0 spiro atoms. The van der Waals surface area contributed by atoms with Crippen LogP contribution in [0.2, 0.25) is 0 Å². The first-order chi connectivity index (χ1) is 24.3. The molecule has 6 rings (SSSR count). The third kappa shape index (κ3) is 7.06. The lowest BCUT2D eigenvalue weighted by Crippen LogP contribution is -2.61. The molecule has 0 radical (unpaired) electrons. The smallest absolute Gasteiger partial charge is 0.331 e. The van der Waals surface area contributed by atoms with E-state index in [1.54, 1.807) is 12.1 Å². The molecule has 1 aliphatic carbocycles. The Hall–Kier alpha value is -3.40. The molecule has 7 N–H and O–H groups in total. The SMILES string of the molecule is COc1cc(/C=C/C(=O)O[C@H]2[C@H](OC(C)=O)[C@H](O)[C@H](O[C@H]3[C@@H]4C=CO[C@@H](O[C@H]5O[C@@H](CO)[C@H](O)[C@@H](O)[C@@H]5O)[C@@H]4[C@]4(CO)O[C@H]34)O[C@@H]2C)ccc1O. The summed E-state index contributed by atoms with van der Waals surface area (Å²) in [6.07, 6.45) is -12.0.